The molecule has 0 spiro atoms. The second-order valence-corrected chi connectivity index (χ2v) is 7.91. The molecule has 4 aromatic rings. The lowest BCUT2D eigenvalue weighted by Gasteiger charge is -2.09. The Morgan fingerprint density at radius 1 is 1.21 bits per heavy atom. The van der Waals surface area contributed by atoms with Gasteiger partial charge in [0.25, 0.3) is 0 Å². The summed E-state index contributed by atoms with van der Waals surface area (Å²) in [7, 11) is 0. The van der Waals surface area contributed by atoms with Crippen molar-refractivity contribution < 1.29 is 0 Å². The number of thiophene rings is 1. The van der Waals surface area contributed by atoms with Gasteiger partial charge in [-0.15, -0.1) is 16.4 Å². The van der Waals surface area contributed by atoms with Crippen LogP contribution in [-0.4, -0.2) is 29.8 Å². The molecule has 1 N–H and O–H groups in total. The molecule has 7 heteroatoms. The zero-order chi connectivity index (χ0) is 15.7. The zero-order valence-electron chi connectivity index (χ0n) is 13.1. The second kappa shape index (κ2) is 4.63. The summed E-state index contributed by atoms with van der Waals surface area (Å²) in [6, 6.07) is 2.10. The van der Waals surface area contributed by atoms with Crippen LogP contribution in [0.25, 0.3) is 27.4 Å². The van der Waals surface area contributed by atoms with Crippen LogP contribution in [0.2, 0.25) is 0 Å². The fraction of sp³-hybridized carbons (Fsp3) is 0.412. The molecule has 6 rings (SSSR count). The Morgan fingerprint density at radius 3 is 3.04 bits per heavy atom. The number of hydrogen-bond donors (Lipinski definition) is 1. The zero-order valence-corrected chi connectivity index (χ0v) is 13.9. The smallest absolute Gasteiger partial charge is 0.202 e. The molecule has 6 nitrogen and oxygen atoms in total. The summed E-state index contributed by atoms with van der Waals surface area (Å²) in [5.41, 5.74) is 4.40. The molecule has 0 aliphatic heterocycles. The molecule has 4 heterocycles. The van der Waals surface area contributed by atoms with E-state index in [2.05, 4.69) is 26.3 Å². The molecule has 0 aromatic carbocycles. The summed E-state index contributed by atoms with van der Waals surface area (Å²) in [5.74, 6) is 1.34. The number of H-pyrrole nitrogens is 1. The SMILES string of the molecule is c1c(-c2nc3c4c5c(sc4ncn3n2)CCCC5)n[nH]c1C1CC1. The number of rotatable bonds is 2. The van der Waals surface area contributed by atoms with Crippen molar-refractivity contribution in [3.8, 4) is 11.5 Å². The van der Waals surface area contributed by atoms with Gasteiger partial charge < -0.3 is 0 Å². The van der Waals surface area contributed by atoms with E-state index in [0.717, 1.165) is 22.6 Å². The maximum absolute atomic E-state index is 4.82. The Morgan fingerprint density at radius 2 is 2.12 bits per heavy atom. The third kappa shape index (κ3) is 1.81. The molecule has 0 atom stereocenters. The minimum absolute atomic E-state index is 0.653. The van der Waals surface area contributed by atoms with E-state index in [1.54, 1.807) is 6.33 Å². The number of aryl methyl sites for hydroxylation is 2. The molecular formula is C17H16N6S. The lowest BCUT2D eigenvalue weighted by atomic mass is 9.97. The lowest BCUT2D eigenvalue weighted by molar-refractivity contribution is 0.700. The molecule has 24 heavy (non-hydrogen) atoms. The first-order valence-corrected chi connectivity index (χ1v) is 9.40. The molecule has 0 unspecified atom stereocenters. The number of hydrogen-bond acceptors (Lipinski definition) is 5. The number of aromatic amines is 1. The van der Waals surface area contributed by atoms with Crippen LogP contribution < -0.4 is 0 Å². The van der Waals surface area contributed by atoms with Crippen molar-refractivity contribution >= 4 is 27.2 Å². The molecule has 0 amide bonds. The van der Waals surface area contributed by atoms with Crippen molar-refractivity contribution in [1.29, 1.82) is 0 Å². The molecule has 0 bridgehead atoms. The van der Waals surface area contributed by atoms with Crippen molar-refractivity contribution in [3.05, 3.63) is 28.5 Å². The maximum atomic E-state index is 4.82. The van der Waals surface area contributed by atoms with E-state index in [1.165, 1.54) is 53.6 Å². The van der Waals surface area contributed by atoms with E-state index >= 15 is 0 Å². The fourth-order valence-corrected chi connectivity index (χ4v) is 4.94. The summed E-state index contributed by atoms with van der Waals surface area (Å²) >= 11 is 1.82. The summed E-state index contributed by atoms with van der Waals surface area (Å²) < 4.78 is 1.81. The first-order chi connectivity index (χ1) is 11.9. The monoisotopic (exact) mass is 336 g/mol. The lowest BCUT2D eigenvalue weighted by Crippen LogP contribution is -1.99. The molecule has 1 saturated carbocycles. The average molecular weight is 336 g/mol. The molecule has 2 aliphatic rings. The fourth-order valence-electron chi connectivity index (χ4n) is 3.72. The first kappa shape index (κ1) is 13.1. The van der Waals surface area contributed by atoms with E-state index in [9.17, 15) is 0 Å². The summed E-state index contributed by atoms with van der Waals surface area (Å²) in [6.07, 6.45) is 9.14. The highest BCUT2D eigenvalue weighted by Crippen LogP contribution is 2.40. The number of nitrogens with zero attached hydrogens (tertiary/aromatic N) is 5. The molecule has 2 aliphatic carbocycles. The Labute approximate surface area is 141 Å². The molecule has 0 radical (unpaired) electrons. The van der Waals surface area contributed by atoms with Gasteiger partial charge in [-0.2, -0.15) is 5.10 Å². The maximum Gasteiger partial charge on any atom is 0.202 e. The standard InChI is InChI=1S/C17H16N6S/c1-2-4-13-10(3-1)14-16-19-15(22-23(16)8-18-17(14)24-13)12-7-11(20-21-12)9-5-6-9/h7-9H,1-6H2,(H,20,21). The van der Waals surface area contributed by atoms with Gasteiger partial charge in [0.1, 0.15) is 16.9 Å². The molecule has 4 aromatic heterocycles. The highest BCUT2D eigenvalue weighted by molar-refractivity contribution is 7.19. The van der Waals surface area contributed by atoms with Gasteiger partial charge in [0.15, 0.2) is 5.65 Å². The quantitative estimate of drug-likeness (QED) is 0.608. The average Bonchev–Trinajstić information content (AvgIpc) is 3.06. The van der Waals surface area contributed by atoms with Gasteiger partial charge in [-0.25, -0.2) is 14.5 Å². The van der Waals surface area contributed by atoms with Crippen LogP contribution in [0.1, 0.15) is 47.7 Å². The Bertz CT molecular complexity index is 1080. The van der Waals surface area contributed by atoms with E-state index in [0.29, 0.717) is 11.7 Å². The van der Waals surface area contributed by atoms with E-state index in [4.69, 9.17) is 4.98 Å². The van der Waals surface area contributed by atoms with Crippen LogP contribution in [0, 0.1) is 0 Å². The molecular weight excluding hydrogens is 320 g/mol. The third-order valence-electron chi connectivity index (χ3n) is 5.14. The van der Waals surface area contributed by atoms with Gasteiger partial charge in [0, 0.05) is 16.5 Å². The van der Waals surface area contributed by atoms with E-state index < -0.39 is 0 Å². The van der Waals surface area contributed by atoms with Gasteiger partial charge in [0.2, 0.25) is 5.82 Å². The minimum atomic E-state index is 0.653. The van der Waals surface area contributed by atoms with E-state index in [1.807, 2.05) is 15.9 Å². The second-order valence-electron chi connectivity index (χ2n) is 6.82. The Kier molecular flexibility index (Phi) is 2.52. The molecule has 1 fully saturated rings. The van der Waals surface area contributed by atoms with Gasteiger partial charge in [-0.1, -0.05) is 0 Å². The Balaban J connectivity index is 1.56. The topological polar surface area (TPSA) is 71.8 Å². The predicted molar refractivity (Wildman–Crippen MR) is 92.4 cm³/mol. The van der Waals surface area contributed by atoms with Crippen LogP contribution >= 0.6 is 11.3 Å². The van der Waals surface area contributed by atoms with E-state index in [-0.39, 0.29) is 0 Å². The Hall–Kier alpha value is -2.28. The number of aromatic nitrogens is 6. The van der Waals surface area contributed by atoms with Crippen LogP contribution in [0.3, 0.4) is 0 Å². The van der Waals surface area contributed by atoms with Crippen molar-refractivity contribution in [2.45, 2.75) is 44.4 Å². The van der Waals surface area contributed by atoms with Crippen molar-refractivity contribution in [1.82, 2.24) is 29.8 Å². The third-order valence-corrected chi connectivity index (χ3v) is 6.34. The minimum Gasteiger partial charge on any atom is -0.282 e. The number of fused-ring (bicyclic) bond motifs is 5. The van der Waals surface area contributed by atoms with Crippen LogP contribution in [-0.2, 0) is 12.8 Å². The van der Waals surface area contributed by atoms with Crippen molar-refractivity contribution in [2.24, 2.45) is 0 Å². The van der Waals surface area contributed by atoms with Crippen LogP contribution in [0.4, 0.5) is 0 Å². The van der Waals surface area contributed by atoms with Crippen LogP contribution in [0.15, 0.2) is 12.4 Å². The van der Waals surface area contributed by atoms with Crippen molar-refractivity contribution in [2.75, 3.05) is 0 Å². The van der Waals surface area contributed by atoms with Gasteiger partial charge in [0.05, 0.1) is 5.39 Å². The number of nitrogens with one attached hydrogen (secondary N) is 1. The van der Waals surface area contributed by atoms with Crippen LogP contribution in [0.5, 0.6) is 0 Å². The van der Waals surface area contributed by atoms with Gasteiger partial charge in [-0.05, 0) is 50.2 Å². The molecule has 120 valence electrons. The predicted octanol–water partition coefficient (Wildman–Crippen LogP) is 3.49. The summed E-state index contributed by atoms with van der Waals surface area (Å²) in [4.78, 5) is 12.0. The first-order valence-electron chi connectivity index (χ1n) is 8.58. The largest absolute Gasteiger partial charge is 0.282 e. The normalized spacial score (nSPS) is 17.7. The highest BCUT2D eigenvalue weighted by atomic mass is 32.1. The highest BCUT2D eigenvalue weighted by Gasteiger charge is 2.26. The van der Waals surface area contributed by atoms with Crippen molar-refractivity contribution in [3.63, 3.8) is 0 Å². The van der Waals surface area contributed by atoms with Gasteiger partial charge >= 0.3 is 0 Å². The summed E-state index contributed by atoms with van der Waals surface area (Å²) in [6.45, 7) is 0. The molecule has 0 saturated heterocycles. The van der Waals surface area contributed by atoms with Gasteiger partial charge in [-0.3, -0.25) is 5.10 Å². The summed E-state index contributed by atoms with van der Waals surface area (Å²) in [5, 5.41) is 13.4.